The zero-order chi connectivity index (χ0) is 24.2. The number of ether oxygens (including phenoxy) is 2. The Kier molecular flexibility index (Phi) is 6.81. The van der Waals surface area contributed by atoms with E-state index in [1.807, 2.05) is 35.2 Å². The summed E-state index contributed by atoms with van der Waals surface area (Å²) < 4.78 is 10.4. The van der Waals surface area contributed by atoms with E-state index in [1.165, 1.54) is 23.9 Å². The van der Waals surface area contributed by atoms with Crippen LogP contribution in [0, 0.1) is 21.4 Å². The van der Waals surface area contributed by atoms with E-state index in [-0.39, 0.29) is 16.8 Å². The Hall–Kier alpha value is -3.88. The van der Waals surface area contributed by atoms with Crippen LogP contribution in [0.15, 0.2) is 58.0 Å². The van der Waals surface area contributed by atoms with Crippen molar-refractivity contribution in [3.8, 4) is 6.07 Å². The zero-order valence-corrected chi connectivity index (χ0v) is 19.0. The quantitative estimate of drug-likeness (QED) is 0.200. The van der Waals surface area contributed by atoms with E-state index in [0.717, 1.165) is 16.6 Å². The molecule has 0 bridgehead atoms. The van der Waals surface area contributed by atoms with Gasteiger partial charge in [0.1, 0.15) is 22.4 Å². The normalized spacial score (nSPS) is 16.5. The molecule has 10 nitrogen and oxygen atoms in total. The second-order valence-corrected chi connectivity index (χ2v) is 8.51. The number of fused-ring (bicyclic) bond motifs is 1. The molecule has 0 aliphatic carbocycles. The number of thioether (sulfide) groups is 1. The number of morpholine rings is 1. The molecule has 34 heavy (non-hydrogen) atoms. The minimum absolute atomic E-state index is 0.0533. The summed E-state index contributed by atoms with van der Waals surface area (Å²) in [5.41, 5.74) is 0.850. The van der Waals surface area contributed by atoms with Gasteiger partial charge in [-0.25, -0.2) is 4.79 Å². The van der Waals surface area contributed by atoms with Crippen LogP contribution < -0.4 is 9.80 Å². The lowest BCUT2D eigenvalue weighted by atomic mass is 10.1. The standard InChI is InChI=1S/C23H20N4O6S/c1-25-18-4-2-3-5-21(18)34-22(25)16(13-24)20(28)14-33-23(29)15-6-7-17(19(12-15)27(30)31)26-8-10-32-11-9-26/h2-7,12H,8-11,14H2,1H3/b22-16-. The summed E-state index contributed by atoms with van der Waals surface area (Å²) >= 11 is 1.29. The number of hydrogen-bond acceptors (Lipinski definition) is 10. The number of ketones is 1. The summed E-state index contributed by atoms with van der Waals surface area (Å²) in [7, 11) is 1.75. The number of anilines is 2. The van der Waals surface area contributed by atoms with Gasteiger partial charge in [0.2, 0.25) is 5.78 Å². The summed E-state index contributed by atoms with van der Waals surface area (Å²) in [6.45, 7) is 1.26. The molecule has 0 N–H and O–H groups in total. The van der Waals surface area contributed by atoms with Crippen LogP contribution in [0.3, 0.4) is 0 Å². The van der Waals surface area contributed by atoms with Gasteiger partial charge < -0.3 is 19.3 Å². The highest BCUT2D eigenvalue weighted by atomic mass is 32.2. The first kappa shape index (κ1) is 23.3. The van der Waals surface area contributed by atoms with Crippen molar-refractivity contribution in [2.24, 2.45) is 0 Å². The highest BCUT2D eigenvalue weighted by Gasteiger charge is 2.29. The van der Waals surface area contributed by atoms with E-state index in [4.69, 9.17) is 9.47 Å². The molecule has 1 fully saturated rings. The molecular formula is C23H20N4O6S. The number of nitro groups is 1. The van der Waals surface area contributed by atoms with Crippen LogP contribution in [0.4, 0.5) is 17.1 Å². The minimum atomic E-state index is -0.886. The van der Waals surface area contributed by atoms with Crippen LogP contribution in [-0.4, -0.2) is 56.6 Å². The van der Waals surface area contributed by atoms with Crippen molar-refractivity contribution in [2.45, 2.75) is 4.90 Å². The topological polar surface area (TPSA) is 126 Å². The second-order valence-electron chi connectivity index (χ2n) is 7.48. The van der Waals surface area contributed by atoms with Crippen molar-refractivity contribution < 1.29 is 24.0 Å². The number of hydrogen-bond donors (Lipinski definition) is 0. The van der Waals surface area contributed by atoms with Gasteiger partial charge >= 0.3 is 5.97 Å². The molecule has 4 rings (SSSR count). The fraction of sp³-hybridized carbons (Fsp3) is 0.261. The van der Waals surface area contributed by atoms with E-state index >= 15 is 0 Å². The molecule has 0 spiro atoms. The Bertz CT molecular complexity index is 1230. The SMILES string of the molecule is CN1/C(=C(\C#N)C(=O)COC(=O)c2ccc(N3CCOCC3)c([N+](=O)[O-])c2)Sc2ccccc21. The molecule has 2 aromatic carbocycles. The zero-order valence-electron chi connectivity index (χ0n) is 18.2. The average Bonchev–Trinajstić information content (AvgIpc) is 3.19. The number of benzene rings is 2. The lowest BCUT2D eigenvalue weighted by molar-refractivity contribution is -0.384. The number of esters is 1. The number of Topliss-reactive ketones (excluding diaryl/α,β-unsaturated/α-hetero) is 1. The van der Waals surface area contributed by atoms with Crippen LogP contribution >= 0.6 is 11.8 Å². The maximum absolute atomic E-state index is 12.7. The highest BCUT2D eigenvalue weighted by molar-refractivity contribution is 8.03. The number of carbonyl (C=O) groups excluding carboxylic acids is 2. The van der Waals surface area contributed by atoms with E-state index < -0.39 is 23.3 Å². The Labute approximate surface area is 199 Å². The van der Waals surface area contributed by atoms with Crippen LogP contribution in [0.1, 0.15) is 10.4 Å². The molecule has 0 saturated carbocycles. The maximum atomic E-state index is 12.7. The first-order valence-electron chi connectivity index (χ1n) is 10.4. The molecule has 0 radical (unpaired) electrons. The molecule has 0 aromatic heterocycles. The third-order valence-electron chi connectivity index (χ3n) is 5.44. The molecule has 2 aliphatic heterocycles. The van der Waals surface area contributed by atoms with Crippen LogP contribution in [0.5, 0.6) is 0 Å². The highest BCUT2D eigenvalue weighted by Crippen LogP contribution is 2.46. The van der Waals surface area contributed by atoms with E-state index in [0.29, 0.717) is 37.0 Å². The van der Waals surface area contributed by atoms with E-state index in [9.17, 15) is 25.0 Å². The summed E-state index contributed by atoms with van der Waals surface area (Å²) in [5, 5.41) is 21.6. The Morgan fingerprint density at radius 2 is 1.94 bits per heavy atom. The van der Waals surface area contributed by atoms with Gasteiger partial charge in [0.15, 0.2) is 6.61 Å². The first-order chi connectivity index (χ1) is 16.4. The molecule has 1 saturated heterocycles. The molecule has 0 unspecified atom stereocenters. The molecular weight excluding hydrogens is 460 g/mol. The van der Waals surface area contributed by atoms with Gasteiger partial charge in [-0.1, -0.05) is 23.9 Å². The maximum Gasteiger partial charge on any atom is 0.338 e. The third kappa shape index (κ3) is 4.59. The van der Waals surface area contributed by atoms with Crippen molar-refractivity contribution in [3.05, 3.63) is 68.7 Å². The number of rotatable bonds is 6. The molecule has 2 aliphatic rings. The first-order valence-corrected chi connectivity index (χ1v) is 11.2. The Morgan fingerprint density at radius 3 is 2.62 bits per heavy atom. The number of nitro benzene ring substituents is 1. The average molecular weight is 481 g/mol. The van der Waals surface area contributed by atoms with Crippen molar-refractivity contribution in [2.75, 3.05) is 49.8 Å². The summed E-state index contributed by atoms with van der Waals surface area (Å²) in [6, 6.07) is 13.4. The molecule has 2 aromatic rings. The van der Waals surface area contributed by atoms with Crippen LogP contribution in [0.2, 0.25) is 0 Å². The predicted octanol–water partition coefficient (Wildman–Crippen LogP) is 3.13. The fourth-order valence-corrected chi connectivity index (χ4v) is 4.87. The number of carbonyl (C=O) groups is 2. The molecule has 0 atom stereocenters. The number of para-hydroxylation sites is 1. The van der Waals surface area contributed by atoms with Gasteiger partial charge in [-0.3, -0.25) is 14.9 Å². The predicted molar refractivity (Wildman–Crippen MR) is 125 cm³/mol. The van der Waals surface area contributed by atoms with Crippen molar-refractivity contribution in [1.29, 1.82) is 5.26 Å². The summed E-state index contributed by atoms with van der Waals surface area (Å²) in [4.78, 5) is 40.8. The van der Waals surface area contributed by atoms with Crippen molar-refractivity contribution in [1.82, 2.24) is 0 Å². The van der Waals surface area contributed by atoms with Gasteiger partial charge in [0, 0.05) is 31.1 Å². The van der Waals surface area contributed by atoms with Gasteiger partial charge in [-0.2, -0.15) is 5.26 Å². The van der Waals surface area contributed by atoms with Crippen molar-refractivity contribution in [3.63, 3.8) is 0 Å². The molecule has 174 valence electrons. The van der Waals surface area contributed by atoms with E-state index in [2.05, 4.69) is 0 Å². The van der Waals surface area contributed by atoms with Gasteiger partial charge in [-0.05, 0) is 24.3 Å². The van der Waals surface area contributed by atoms with Gasteiger partial charge in [0.05, 0.1) is 29.4 Å². The fourth-order valence-electron chi connectivity index (χ4n) is 3.71. The number of nitrogens with zero attached hydrogens (tertiary/aromatic N) is 4. The lowest BCUT2D eigenvalue weighted by Gasteiger charge is -2.28. The Morgan fingerprint density at radius 1 is 1.21 bits per heavy atom. The van der Waals surface area contributed by atoms with Gasteiger partial charge in [-0.15, -0.1) is 0 Å². The Balaban J connectivity index is 1.48. The lowest BCUT2D eigenvalue weighted by Crippen LogP contribution is -2.36. The summed E-state index contributed by atoms with van der Waals surface area (Å²) in [6.07, 6.45) is 0. The van der Waals surface area contributed by atoms with E-state index in [1.54, 1.807) is 11.9 Å². The second kappa shape index (κ2) is 9.94. The third-order valence-corrected chi connectivity index (χ3v) is 6.67. The molecule has 2 heterocycles. The van der Waals surface area contributed by atoms with Crippen molar-refractivity contribution >= 4 is 40.6 Å². The summed E-state index contributed by atoms with van der Waals surface area (Å²) in [5.74, 6) is -1.54. The smallest absolute Gasteiger partial charge is 0.338 e. The van der Waals surface area contributed by atoms with Crippen LogP contribution in [0.25, 0.3) is 0 Å². The number of nitriles is 1. The minimum Gasteiger partial charge on any atom is -0.454 e. The largest absolute Gasteiger partial charge is 0.454 e. The molecule has 0 amide bonds. The monoisotopic (exact) mass is 480 g/mol. The molecule has 11 heteroatoms. The van der Waals surface area contributed by atoms with Crippen LogP contribution in [-0.2, 0) is 14.3 Å². The van der Waals surface area contributed by atoms with Gasteiger partial charge in [0.25, 0.3) is 5.69 Å².